The molecule has 0 aromatic heterocycles. The van der Waals surface area contributed by atoms with Crippen molar-refractivity contribution in [1.82, 2.24) is 0 Å². The Bertz CT molecular complexity index is 83.9. The predicted octanol–water partition coefficient (Wildman–Crippen LogP) is 4.12. The summed E-state index contributed by atoms with van der Waals surface area (Å²) in [6, 6.07) is 0. The summed E-state index contributed by atoms with van der Waals surface area (Å²) in [5, 5.41) is 10.4. The zero-order valence-electron chi connectivity index (χ0n) is 8.02. The smallest absolute Gasteiger partial charge is 0.166 e. The van der Waals surface area contributed by atoms with E-state index in [4.69, 9.17) is 11.6 Å². The van der Waals surface area contributed by atoms with E-state index in [0.29, 0.717) is 6.42 Å². The van der Waals surface area contributed by atoms with Crippen LogP contribution in [0.25, 0.3) is 0 Å². The van der Waals surface area contributed by atoms with Crippen LogP contribution in [0, 0.1) is 0 Å². The fourth-order valence-corrected chi connectivity index (χ4v) is 1.42. The summed E-state index contributed by atoms with van der Waals surface area (Å²) in [6.45, 7) is 2.22. The van der Waals surface area contributed by atoms with E-state index < -0.39 is 5.56 Å². The fraction of sp³-hybridized carbons (Fsp3) is 1.00. The van der Waals surface area contributed by atoms with Gasteiger partial charge in [0.15, 0.2) is 5.56 Å². The SMILES string of the molecule is CCCCCCCCCC([O])Cl. The van der Waals surface area contributed by atoms with Crippen molar-refractivity contribution in [3.8, 4) is 0 Å². The first-order valence-corrected chi connectivity index (χ1v) is 5.51. The Labute approximate surface area is 81.1 Å². The Kier molecular flexibility index (Phi) is 9.53. The third-order valence-electron chi connectivity index (χ3n) is 2.03. The number of alkyl halides is 1. The van der Waals surface area contributed by atoms with Gasteiger partial charge in [0.05, 0.1) is 0 Å². The van der Waals surface area contributed by atoms with Gasteiger partial charge in [0, 0.05) is 0 Å². The minimum atomic E-state index is -0.874. The Morgan fingerprint density at radius 1 is 1.00 bits per heavy atom. The van der Waals surface area contributed by atoms with Crippen LogP contribution in [0.2, 0.25) is 0 Å². The molecule has 0 N–H and O–H groups in total. The maximum absolute atomic E-state index is 10.4. The van der Waals surface area contributed by atoms with Crippen LogP contribution in [0.15, 0.2) is 0 Å². The quantitative estimate of drug-likeness (QED) is 0.406. The molecule has 0 bridgehead atoms. The van der Waals surface area contributed by atoms with E-state index in [1.807, 2.05) is 0 Å². The van der Waals surface area contributed by atoms with Crippen LogP contribution in [-0.4, -0.2) is 5.56 Å². The van der Waals surface area contributed by atoms with E-state index in [-0.39, 0.29) is 0 Å². The predicted molar refractivity (Wildman–Crippen MR) is 52.9 cm³/mol. The molecule has 0 rings (SSSR count). The highest BCUT2D eigenvalue weighted by Crippen LogP contribution is 2.10. The van der Waals surface area contributed by atoms with Gasteiger partial charge in [0.1, 0.15) is 0 Å². The zero-order valence-corrected chi connectivity index (χ0v) is 8.78. The number of halogens is 1. The topological polar surface area (TPSA) is 19.9 Å². The average molecular weight is 192 g/mol. The lowest BCUT2D eigenvalue weighted by Gasteiger charge is -2.00. The number of unbranched alkanes of at least 4 members (excludes halogenated alkanes) is 6. The highest BCUT2D eigenvalue weighted by molar-refractivity contribution is 6.19. The number of rotatable bonds is 8. The molecule has 2 heteroatoms. The first-order valence-electron chi connectivity index (χ1n) is 5.07. The van der Waals surface area contributed by atoms with E-state index in [1.165, 1.54) is 38.5 Å². The summed E-state index contributed by atoms with van der Waals surface area (Å²) in [7, 11) is 0. The van der Waals surface area contributed by atoms with Crippen LogP contribution < -0.4 is 0 Å². The molecule has 0 heterocycles. The third-order valence-corrected chi connectivity index (χ3v) is 2.25. The summed E-state index contributed by atoms with van der Waals surface area (Å²) in [5.41, 5.74) is -0.874. The van der Waals surface area contributed by atoms with Crippen molar-refractivity contribution in [2.24, 2.45) is 0 Å². The van der Waals surface area contributed by atoms with Crippen LogP contribution in [0.5, 0.6) is 0 Å². The lowest BCUT2D eigenvalue weighted by atomic mass is 10.1. The van der Waals surface area contributed by atoms with Gasteiger partial charge in [0.2, 0.25) is 0 Å². The molecule has 0 aliphatic carbocycles. The van der Waals surface area contributed by atoms with Gasteiger partial charge >= 0.3 is 0 Å². The Morgan fingerprint density at radius 3 is 2.00 bits per heavy atom. The molecular formula is C10H20ClO. The lowest BCUT2D eigenvalue weighted by molar-refractivity contribution is 0.148. The van der Waals surface area contributed by atoms with Crippen molar-refractivity contribution in [1.29, 1.82) is 0 Å². The fourth-order valence-electron chi connectivity index (χ4n) is 1.26. The van der Waals surface area contributed by atoms with E-state index in [2.05, 4.69) is 6.92 Å². The van der Waals surface area contributed by atoms with Gasteiger partial charge in [0.25, 0.3) is 0 Å². The molecule has 0 fully saturated rings. The van der Waals surface area contributed by atoms with Crippen molar-refractivity contribution in [2.75, 3.05) is 0 Å². The highest BCUT2D eigenvalue weighted by Gasteiger charge is 1.98. The highest BCUT2D eigenvalue weighted by atomic mass is 35.5. The number of hydrogen-bond acceptors (Lipinski definition) is 0. The normalized spacial score (nSPS) is 13.2. The first kappa shape index (κ1) is 12.2. The first-order chi connectivity index (χ1) is 5.77. The second-order valence-electron chi connectivity index (χ2n) is 3.32. The molecule has 12 heavy (non-hydrogen) atoms. The van der Waals surface area contributed by atoms with Gasteiger partial charge in [-0.15, -0.1) is 0 Å². The van der Waals surface area contributed by atoms with Gasteiger partial charge in [-0.3, -0.25) is 0 Å². The Hall–Kier alpha value is 0.250. The molecule has 0 spiro atoms. The van der Waals surface area contributed by atoms with E-state index in [0.717, 1.165) is 6.42 Å². The molecule has 1 unspecified atom stereocenters. The van der Waals surface area contributed by atoms with Crippen LogP contribution >= 0.6 is 11.6 Å². The van der Waals surface area contributed by atoms with E-state index in [9.17, 15) is 5.11 Å². The monoisotopic (exact) mass is 191 g/mol. The summed E-state index contributed by atoms with van der Waals surface area (Å²) in [4.78, 5) is 0. The third kappa shape index (κ3) is 10.2. The number of hydrogen-bond donors (Lipinski definition) is 0. The molecule has 0 aromatic carbocycles. The maximum Gasteiger partial charge on any atom is 0.166 e. The molecule has 0 aliphatic heterocycles. The van der Waals surface area contributed by atoms with Crippen molar-refractivity contribution >= 4 is 11.6 Å². The van der Waals surface area contributed by atoms with Crippen LogP contribution in [0.1, 0.15) is 58.3 Å². The zero-order chi connectivity index (χ0) is 9.23. The molecule has 1 radical (unpaired) electrons. The standard InChI is InChI=1S/C10H20ClO/c1-2-3-4-5-6-7-8-9-10(11)12/h10H,2-9H2,1H3. The Balaban J connectivity index is 2.82. The van der Waals surface area contributed by atoms with Crippen molar-refractivity contribution in [3.63, 3.8) is 0 Å². The van der Waals surface area contributed by atoms with Crippen LogP contribution in [0.3, 0.4) is 0 Å². The molecule has 0 saturated carbocycles. The summed E-state index contributed by atoms with van der Waals surface area (Å²) >= 11 is 5.28. The minimum absolute atomic E-state index is 0.634. The van der Waals surface area contributed by atoms with E-state index in [1.54, 1.807) is 0 Å². The van der Waals surface area contributed by atoms with Crippen molar-refractivity contribution < 1.29 is 5.11 Å². The molecular weight excluding hydrogens is 172 g/mol. The molecule has 0 amide bonds. The molecule has 1 nitrogen and oxygen atoms in total. The molecule has 0 saturated heterocycles. The minimum Gasteiger partial charge on any atom is -0.216 e. The maximum atomic E-state index is 10.4. The molecule has 73 valence electrons. The van der Waals surface area contributed by atoms with Crippen molar-refractivity contribution in [2.45, 2.75) is 63.9 Å². The Morgan fingerprint density at radius 2 is 1.50 bits per heavy atom. The van der Waals surface area contributed by atoms with Crippen molar-refractivity contribution in [3.05, 3.63) is 0 Å². The summed E-state index contributed by atoms with van der Waals surface area (Å²) in [5.74, 6) is 0. The molecule has 0 aliphatic rings. The summed E-state index contributed by atoms with van der Waals surface area (Å²) in [6.07, 6.45) is 9.39. The second kappa shape index (κ2) is 9.34. The van der Waals surface area contributed by atoms with Gasteiger partial charge in [-0.05, 0) is 12.8 Å². The molecule has 0 aromatic rings. The van der Waals surface area contributed by atoms with Gasteiger partial charge in [-0.2, -0.15) is 0 Å². The van der Waals surface area contributed by atoms with Crippen LogP contribution in [-0.2, 0) is 5.11 Å². The van der Waals surface area contributed by atoms with Gasteiger partial charge in [-0.1, -0.05) is 57.0 Å². The second-order valence-corrected chi connectivity index (χ2v) is 3.81. The summed E-state index contributed by atoms with van der Waals surface area (Å²) < 4.78 is 0. The van der Waals surface area contributed by atoms with Crippen LogP contribution in [0.4, 0.5) is 0 Å². The van der Waals surface area contributed by atoms with Gasteiger partial charge < -0.3 is 0 Å². The van der Waals surface area contributed by atoms with Gasteiger partial charge in [-0.25, -0.2) is 5.11 Å². The average Bonchev–Trinajstić information content (AvgIpc) is 2.02. The molecule has 1 atom stereocenters. The lowest BCUT2D eigenvalue weighted by Crippen LogP contribution is -1.92. The largest absolute Gasteiger partial charge is 0.216 e. The van der Waals surface area contributed by atoms with E-state index >= 15 is 0 Å².